The molecular weight excluding hydrogens is 266 g/mol. The predicted octanol–water partition coefficient (Wildman–Crippen LogP) is 1.15. The summed E-state index contributed by atoms with van der Waals surface area (Å²) in [5.41, 5.74) is 0.386. The molecule has 0 radical (unpaired) electrons. The summed E-state index contributed by atoms with van der Waals surface area (Å²) in [6.45, 7) is 2.22. The number of nitrogens with one attached hydrogen (secondary N) is 2. The first-order chi connectivity index (χ1) is 9.03. The van der Waals surface area contributed by atoms with Crippen LogP contribution in [0.1, 0.15) is 44.6 Å². The highest BCUT2D eigenvalue weighted by molar-refractivity contribution is 7.89. The lowest BCUT2D eigenvalue weighted by molar-refractivity contribution is 0.277. The molecule has 2 rings (SSSR count). The number of sulfonamides is 1. The maximum absolute atomic E-state index is 12.2. The maximum atomic E-state index is 12.2. The van der Waals surface area contributed by atoms with Gasteiger partial charge in [0.2, 0.25) is 0 Å². The minimum Gasteiger partial charge on any atom is -0.392 e. The third kappa shape index (κ3) is 2.98. The monoisotopic (exact) mass is 287 g/mol. The van der Waals surface area contributed by atoms with E-state index in [4.69, 9.17) is 5.11 Å². The lowest BCUT2D eigenvalue weighted by Crippen LogP contribution is -2.36. The number of aromatic amines is 1. The van der Waals surface area contributed by atoms with Crippen LogP contribution >= 0.6 is 0 Å². The van der Waals surface area contributed by atoms with E-state index in [0.29, 0.717) is 12.1 Å². The second kappa shape index (κ2) is 5.60. The van der Waals surface area contributed by atoms with Crippen molar-refractivity contribution in [1.82, 2.24) is 14.9 Å². The second-order valence-electron chi connectivity index (χ2n) is 5.27. The van der Waals surface area contributed by atoms with Gasteiger partial charge in [-0.2, -0.15) is 5.10 Å². The van der Waals surface area contributed by atoms with Gasteiger partial charge in [0.05, 0.1) is 12.8 Å². The summed E-state index contributed by atoms with van der Waals surface area (Å²) in [5.74, 6) is 0. The Balaban J connectivity index is 2.10. The second-order valence-corrected chi connectivity index (χ2v) is 6.97. The minimum atomic E-state index is -3.62. The van der Waals surface area contributed by atoms with E-state index in [9.17, 15) is 8.42 Å². The van der Waals surface area contributed by atoms with Gasteiger partial charge in [0, 0.05) is 12.1 Å². The van der Waals surface area contributed by atoms with Crippen LogP contribution in [0.25, 0.3) is 0 Å². The Hall–Kier alpha value is -0.920. The summed E-state index contributed by atoms with van der Waals surface area (Å²) in [6.07, 6.45) is 6.79. The molecule has 0 atom stereocenters. The predicted molar refractivity (Wildman–Crippen MR) is 70.9 cm³/mol. The molecule has 1 heterocycles. The molecular formula is C12H21N3O3S. The molecule has 0 unspecified atom stereocenters. The average Bonchev–Trinajstić information content (AvgIpc) is 3.06. The van der Waals surface area contributed by atoms with Crippen LogP contribution < -0.4 is 4.72 Å². The highest BCUT2D eigenvalue weighted by Gasteiger charge is 2.33. The first kappa shape index (κ1) is 14.5. The van der Waals surface area contributed by atoms with Crippen molar-refractivity contribution in [2.45, 2.75) is 50.7 Å². The number of aliphatic hydroxyl groups is 1. The zero-order chi connectivity index (χ0) is 13.9. The van der Waals surface area contributed by atoms with Gasteiger partial charge in [-0.1, -0.05) is 19.8 Å². The largest absolute Gasteiger partial charge is 0.392 e. The van der Waals surface area contributed by atoms with Gasteiger partial charge in [0.1, 0.15) is 0 Å². The molecule has 108 valence electrons. The van der Waals surface area contributed by atoms with Crippen molar-refractivity contribution in [1.29, 1.82) is 0 Å². The van der Waals surface area contributed by atoms with E-state index in [1.54, 1.807) is 0 Å². The molecule has 0 saturated heterocycles. The van der Waals surface area contributed by atoms with Gasteiger partial charge in [0.15, 0.2) is 5.03 Å². The van der Waals surface area contributed by atoms with Crippen molar-refractivity contribution in [2.24, 2.45) is 5.41 Å². The fourth-order valence-corrected chi connectivity index (χ4v) is 4.02. The summed E-state index contributed by atoms with van der Waals surface area (Å²) < 4.78 is 27.0. The molecule has 0 amide bonds. The molecule has 1 fully saturated rings. The summed E-state index contributed by atoms with van der Waals surface area (Å²) in [4.78, 5) is 0. The van der Waals surface area contributed by atoms with Gasteiger partial charge in [-0.15, -0.1) is 0 Å². The number of aliphatic hydroxyl groups excluding tert-OH is 1. The first-order valence-electron chi connectivity index (χ1n) is 6.66. The summed E-state index contributed by atoms with van der Waals surface area (Å²) in [5, 5.41) is 15.2. The molecule has 0 bridgehead atoms. The standard InChI is InChI=1S/C12H21N3O3S/c1-2-12(5-3-4-6-12)9-14-19(17,18)11-10(8-16)7-13-15-11/h7,14,16H,2-6,8-9H2,1H3,(H,13,15). The number of H-pyrrole nitrogens is 1. The van der Waals surface area contributed by atoms with Gasteiger partial charge in [0.25, 0.3) is 10.0 Å². The highest BCUT2D eigenvalue weighted by atomic mass is 32.2. The van der Waals surface area contributed by atoms with Crippen molar-refractivity contribution >= 4 is 10.0 Å². The lowest BCUT2D eigenvalue weighted by Gasteiger charge is -2.27. The molecule has 6 nitrogen and oxygen atoms in total. The Labute approximate surface area is 113 Å². The fraction of sp³-hybridized carbons (Fsp3) is 0.750. The molecule has 1 aromatic heterocycles. The van der Waals surface area contributed by atoms with E-state index in [-0.39, 0.29) is 17.0 Å². The number of hydrogen-bond acceptors (Lipinski definition) is 4. The van der Waals surface area contributed by atoms with Crippen LogP contribution in [-0.2, 0) is 16.6 Å². The molecule has 0 aliphatic heterocycles. The molecule has 1 aliphatic rings. The number of nitrogens with zero attached hydrogens (tertiary/aromatic N) is 1. The quantitative estimate of drug-likeness (QED) is 0.731. The molecule has 1 aromatic rings. The molecule has 3 N–H and O–H groups in total. The molecule has 1 aliphatic carbocycles. The van der Waals surface area contributed by atoms with Crippen LogP contribution in [0.2, 0.25) is 0 Å². The SMILES string of the molecule is CCC1(CNS(=O)(=O)c2[nH]ncc2CO)CCCC1. The highest BCUT2D eigenvalue weighted by Crippen LogP contribution is 2.40. The topological polar surface area (TPSA) is 95.1 Å². The number of aromatic nitrogens is 2. The van der Waals surface area contributed by atoms with Crippen LogP contribution in [0.15, 0.2) is 11.2 Å². The van der Waals surface area contributed by atoms with Crippen molar-refractivity contribution in [2.75, 3.05) is 6.54 Å². The zero-order valence-corrected chi connectivity index (χ0v) is 12.0. The molecule has 0 spiro atoms. The summed E-state index contributed by atoms with van der Waals surface area (Å²) in [6, 6.07) is 0. The Morgan fingerprint density at radius 2 is 2.16 bits per heavy atom. The van der Waals surface area contributed by atoms with Gasteiger partial charge < -0.3 is 5.11 Å². The van der Waals surface area contributed by atoms with Crippen molar-refractivity contribution < 1.29 is 13.5 Å². The van der Waals surface area contributed by atoms with Gasteiger partial charge in [-0.3, -0.25) is 5.10 Å². The van der Waals surface area contributed by atoms with E-state index in [1.165, 1.54) is 19.0 Å². The van der Waals surface area contributed by atoms with E-state index < -0.39 is 10.0 Å². The molecule has 7 heteroatoms. The smallest absolute Gasteiger partial charge is 0.257 e. The van der Waals surface area contributed by atoms with Gasteiger partial charge in [-0.05, 0) is 24.7 Å². The number of rotatable bonds is 6. The normalized spacial score (nSPS) is 18.8. The maximum Gasteiger partial charge on any atom is 0.257 e. The summed E-state index contributed by atoms with van der Waals surface area (Å²) >= 11 is 0. The van der Waals surface area contributed by atoms with E-state index >= 15 is 0 Å². The van der Waals surface area contributed by atoms with Crippen LogP contribution in [0.3, 0.4) is 0 Å². The van der Waals surface area contributed by atoms with Crippen LogP contribution in [0, 0.1) is 5.41 Å². The van der Waals surface area contributed by atoms with E-state index in [2.05, 4.69) is 21.8 Å². The fourth-order valence-electron chi connectivity index (χ4n) is 2.75. The van der Waals surface area contributed by atoms with Crippen LogP contribution in [0.5, 0.6) is 0 Å². The Bertz CT molecular complexity index is 518. The van der Waals surface area contributed by atoms with Crippen molar-refractivity contribution in [3.05, 3.63) is 11.8 Å². The average molecular weight is 287 g/mol. The Morgan fingerprint density at radius 1 is 1.47 bits per heavy atom. The first-order valence-corrected chi connectivity index (χ1v) is 8.14. The van der Waals surface area contributed by atoms with Crippen molar-refractivity contribution in [3.63, 3.8) is 0 Å². The number of hydrogen-bond donors (Lipinski definition) is 3. The van der Waals surface area contributed by atoms with Crippen LogP contribution in [0.4, 0.5) is 0 Å². The van der Waals surface area contributed by atoms with Crippen LogP contribution in [-0.4, -0.2) is 30.3 Å². The van der Waals surface area contributed by atoms with Gasteiger partial charge in [-0.25, -0.2) is 13.1 Å². The molecule has 1 saturated carbocycles. The third-order valence-corrected chi connectivity index (χ3v) is 5.58. The van der Waals surface area contributed by atoms with E-state index in [0.717, 1.165) is 19.3 Å². The molecule has 19 heavy (non-hydrogen) atoms. The Morgan fingerprint density at radius 3 is 2.74 bits per heavy atom. The lowest BCUT2D eigenvalue weighted by atomic mass is 9.84. The summed E-state index contributed by atoms with van der Waals surface area (Å²) in [7, 11) is -3.62. The zero-order valence-electron chi connectivity index (χ0n) is 11.1. The minimum absolute atomic E-state index is 0.0285. The molecule has 0 aromatic carbocycles. The van der Waals surface area contributed by atoms with E-state index in [1.807, 2.05) is 0 Å². The third-order valence-electron chi connectivity index (χ3n) is 4.17. The van der Waals surface area contributed by atoms with Gasteiger partial charge >= 0.3 is 0 Å². The Kier molecular flexibility index (Phi) is 4.27. The van der Waals surface area contributed by atoms with Crippen molar-refractivity contribution in [3.8, 4) is 0 Å².